The highest BCUT2D eigenvalue weighted by molar-refractivity contribution is 9.10. The van der Waals surface area contributed by atoms with Gasteiger partial charge in [0.25, 0.3) is 0 Å². The molecule has 0 radical (unpaired) electrons. The molecule has 1 unspecified atom stereocenters. The van der Waals surface area contributed by atoms with Gasteiger partial charge < -0.3 is 5.73 Å². The number of nitrogens with zero attached hydrogens (tertiary/aromatic N) is 2. The van der Waals surface area contributed by atoms with Gasteiger partial charge in [-0.05, 0) is 45.8 Å². The second-order valence-corrected chi connectivity index (χ2v) is 7.78. The highest BCUT2D eigenvalue weighted by atomic mass is 79.9. The number of anilines is 1. The molecule has 3 aromatic rings. The van der Waals surface area contributed by atoms with Gasteiger partial charge >= 0.3 is 0 Å². The molecular weight excluding hydrogens is 358 g/mol. The molecule has 0 saturated heterocycles. The molecule has 102 valence electrons. The van der Waals surface area contributed by atoms with E-state index in [2.05, 4.69) is 25.9 Å². The summed E-state index contributed by atoms with van der Waals surface area (Å²) >= 11 is 4.78. The minimum Gasteiger partial charge on any atom is -0.399 e. The van der Waals surface area contributed by atoms with Gasteiger partial charge in [0.1, 0.15) is 0 Å². The number of fused-ring (bicyclic) bond motifs is 1. The Hall–Kier alpha value is -1.31. The number of thiazole rings is 1. The number of aromatic nitrogens is 2. The summed E-state index contributed by atoms with van der Waals surface area (Å²) < 4.78 is 14.8. The first-order valence-corrected chi connectivity index (χ1v) is 8.68. The summed E-state index contributed by atoms with van der Waals surface area (Å²) in [6.45, 7) is 0. The fourth-order valence-electron chi connectivity index (χ4n) is 1.77. The number of halogens is 1. The Labute approximate surface area is 130 Å². The zero-order valence-corrected chi connectivity index (χ0v) is 13.5. The summed E-state index contributed by atoms with van der Waals surface area (Å²) in [7, 11) is -1.18. The van der Waals surface area contributed by atoms with Crippen molar-refractivity contribution in [2.75, 3.05) is 5.73 Å². The van der Waals surface area contributed by atoms with Crippen LogP contribution in [0.5, 0.6) is 0 Å². The lowest BCUT2D eigenvalue weighted by molar-refractivity contribution is 0.682. The van der Waals surface area contributed by atoms with Crippen molar-refractivity contribution in [1.29, 1.82) is 0 Å². The average Bonchev–Trinajstić information content (AvgIpc) is 2.81. The lowest BCUT2D eigenvalue weighted by Crippen LogP contribution is -1.96. The summed E-state index contributed by atoms with van der Waals surface area (Å²) in [6, 6.07) is 7.42. The molecule has 2 heterocycles. The summed E-state index contributed by atoms with van der Waals surface area (Å²) in [5, 5.41) is 0. The van der Waals surface area contributed by atoms with Crippen LogP contribution >= 0.6 is 27.3 Å². The van der Waals surface area contributed by atoms with E-state index in [4.69, 9.17) is 5.73 Å². The molecule has 0 saturated carbocycles. The van der Waals surface area contributed by atoms with E-state index in [0.29, 0.717) is 15.8 Å². The van der Waals surface area contributed by atoms with Crippen LogP contribution in [0, 0.1) is 0 Å². The second kappa shape index (κ2) is 5.59. The monoisotopic (exact) mass is 367 g/mol. The Morgan fingerprint density at radius 1 is 1.30 bits per heavy atom. The van der Waals surface area contributed by atoms with Crippen molar-refractivity contribution < 1.29 is 4.21 Å². The Bertz CT molecular complexity index is 803. The number of nitrogen functional groups attached to an aromatic ring is 1. The number of pyridine rings is 1. The third-order valence-electron chi connectivity index (χ3n) is 2.65. The third-order valence-corrected chi connectivity index (χ3v) is 5.78. The second-order valence-electron chi connectivity index (χ2n) is 4.21. The molecule has 0 fully saturated rings. The van der Waals surface area contributed by atoms with E-state index in [9.17, 15) is 4.21 Å². The molecule has 1 aromatic carbocycles. The molecule has 3 rings (SSSR count). The Balaban J connectivity index is 1.88. The van der Waals surface area contributed by atoms with Gasteiger partial charge in [-0.15, -0.1) is 11.3 Å². The van der Waals surface area contributed by atoms with Crippen molar-refractivity contribution in [1.82, 2.24) is 9.97 Å². The number of rotatable bonds is 3. The van der Waals surface area contributed by atoms with Gasteiger partial charge in [0, 0.05) is 22.6 Å². The molecule has 0 spiro atoms. The summed E-state index contributed by atoms with van der Waals surface area (Å²) in [5.74, 6) is 0.405. The van der Waals surface area contributed by atoms with Gasteiger partial charge in [-0.1, -0.05) is 0 Å². The molecule has 20 heavy (non-hydrogen) atoms. The lowest BCUT2D eigenvalue weighted by Gasteiger charge is -1.99. The first-order valence-electron chi connectivity index (χ1n) is 5.76. The van der Waals surface area contributed by atoms with Crippen molar-refractivity contribution in [3.8, 4) is 0 Å². The normalized spacial score (nSPS) is 12.7. The third kappa shape index (κ3) is 2.89. The summed E-state index contributed by atoms with van der Waals surface area (Å²) in [4.78, 5) is 8.47. The predicted octanol–water partition coefficient (Wildman–Crippen LogP) is 3.34. The van der Waals surface area contributed by atoms with Crippen LogP contribution in [0.25, 0.3) is 10.2 Å². The maximum absolute atomic E-state index is 12.4. The van der Waals surface area contributed by atoms with Crippen LogP contribution in [0.15, 0.2) is 45.5 Å². The molecule has 0 aliphatic carbocycles. The molecular formula is C13H10BrN3OS2. The fraction of sp³-hybridized carbons (Fsp3) is 0.0769. The molecule has 0 aliphatic rings. The van der Waals surface area contributed by atoms with Crippen LogP contribution < -0.4 is 5.73 Å². The molecule has 1 atom stereocenters. The van der Waals surface area contributed by atoms with Gasteiger partial charge in [0.15, 0.2) is 4.34 Å². The Kier molecular flexibility index (Phi) is 3.82. The van der Waals surface area contributed by atoms with E-state index in [1.807, 2.05) is 18.2 Å². The molecule has 2 aromatic heterocycles. The van der Waals surface area contributed by atoms with E-state index in [1.54, 1.807) is 18.5 Å². The highest BCUT2D eigenvalue weighted by Crippen LogP contribution is 2.27. The van der Waals surface area contributed by atoms with E-state index >= 15 is 0 Å². The van der Waals surface area contributed by atoms with Crippen molar-refractivity contribution in [3.63, 3.8) is 0 Å². The van der Waals surface area contributed by atoms with Crippen LogP contribution in [-0.2, 0) is 16.6 Å². The highest BCUT2D eigenvalue weighted by Gasteiger charge is 2.12. The minimum absolute atomic E-state index is 0.405. The van der Waals surface area contributed by atoms with Crippen molar-refractivity contribution in [2.24, 2.45) is 0 Å². The molecule has 0 bridgehead atoms. The topological polar surface area (TPSA) is 68.9 Å². The zero-order chi connectivity index (χ0) is 14.1. The lowest BCUT2D eigenvalue weighted by atomic mass is 10.3. The standard InChI is InChI=1S/C13H10BrN3OS2/c14-9-3-8(5-16-6-9)7-20(18)13-17-11-2-1-10(15)4-12(11)19-13/h1-6H,7,15H2. The maximum Gasteiger partial charge on any atom is 0.182 e. The van der Waals surface area contributed by atoms with E-state index in [1.165, 1.54) is 11.3 Å². The van der Waals surface area contributed by atoms with E-state index in [-0.39, 0.29) is 0 Å². The van der Waals surface area contributed by atoms with Crippen molar-refractivity contribution in [3.05, 3.63) is 46.7 Å². The van der Waals surface area contributed by atoms with Crippen LogP contribution in [0.2, 0.25) is 0 Å². The Morgan fingerprint density at radius 3 is 2.95 bits per heavy atom. The molecule has 7 heteroatoms. The molecule has 0 aliphatic heterocycles. The van der Waals surface area contributed by atoms with Gasteiger partial charge in [-0.3, -0.25) is 9.19 Å². The number of nitrogens with two attached hydrogens (primary N) is 1. The summed E-state index contributed by atoms with van der Waals surface area (Å²) in [5.41, 5.74) is 8.18. The van der Waals surface area contributed by atoms with Gasteiger partial charge in [-0.2, -0.15) is 0 Å². The van der Waals surface area contributed by atoms with Crippen LogP contribution in [0.1, 0.15) is 5.56 Å². The van der Waals surface area contributed by atoms with Crippen LogP contribution in [-0.4, -0.2) is 14.2 Å². The quantitative estimate of drug-likeness (QED) is 0.720. The van der Waals surface area contributed by atoms with Crippen LogP contribution in [0.4, 0.5) is 5.69 Å². The fourth-order valence-corrected chi connectivity index (χ4v) is 4.53. The minimum atomic E-state index is -1.18. The smallest absolute Gasteiger partial charge is 0.182 e. The average molecular weight is 368 g/mol. The molecule has 2 N–H and O–H groups in total. The SMILES string of the molecule is Nc1ccc2nc(S(=O)Cc3cncc(Br)c3)sc2c1. The number of benzene rings is 1. The largest absolute Gasteiger partial charge is 0.399 e. The van der Waals surface area contributed by atoms with Crippen molar-refractivity contribution in [2.45, 2.75) is 10.1 Å². The predicted molar refractivity (Wildman–Crippen MR) is 86.1 cm³/mol. The van der Waals surface area contributed by atoms with E-state index in [0.717, 1.165) is 20.3 Å². The van der Waals surface area contributed by atoms with E-state index < -0.39 is 10.8 Å². The van der Waals surface area contributed by atoms with Gasteiger partial charge in [0.2, 0.25) is 0 Å². The first kappa shape index (κ1) is 13.7. The molecule has 4 nitrogen and oxygen atoms in total. The van der Waals surface area contributed by atoms with Crippen LogP contribution in [0.3, 0.4) is 0 Å². The van der Waals surface area contributed by atoms with Crippen molar-refractivity contribution >= 4 is 54.0 Å². The maximum atomic E-state index is 12.4. The van der Waals surface area contributed by atoms with Gasteiger partial charge in [-0.25, -0.2) is 4.98 Å². The first-order chi connectivity index (χ1) is 9.61. The molecule has 0 amide bonds. The number of hydrogen-bond donors (Lipinski definition) is 1. The number of hydrogen-bond acceptors (Lipinski definition) is 5. The van der Waals surface area contributed by atoms with Gasteiger partial charge in [0.05, 0.1) is 26.8 Å². The Morgan fingerprint density at radius 2 is 2.15 bits per heavy atom. The zero-order valence-electron chi connectivity index (χ0n) is 10.2. The summed E-state index contributed by atoms with van der Waals surface area (Å²) in [6.07, 6.45) is 3.42.